The Balaban J connectivity index is 1.67. The van der Waals surface area contributed by atoms with Gasteiger partial charge in [-0.3, -0.25) is 10.2 Å². The lowest BCUT2D eigenvalue weighted by Crippen LogP contribution is -2.29. The summed E-state index contributed by atoms with van der Waals surface area (Å²) < 4.78 is 18.6. The molecule has 1 amide bonds. The molecule has 0 aromatic heterocycles. The van der Waals surface area contributed by atoms with Crippen LogP contribution in [-0.4, -0.2) is 29.7 Å². The molecule has 8 heteroatoms. The van der Waals surface area contributed by atoms with Crippen LogP contribution in [0.1, 0.15) is 16.7 Å². The summed E-state index contributed by atoms with van der Waals surface area (Å²) in [7, 11) is 0. The normalized spacial score (nSPS) is 15.9. The van der Waals surface area contributed by atoms with Crippen molar-refractivity contribution in [2.75, 3.05) is 5.32 Å². The highest BCUT2D eigenvalue weighted by atomic mass is 19.1. The number of nitrogens with two attached hydrogens (primary N) is 1. The quantitative estimate of drug-likeness (QED) is 0.451. The number of benzene rings is 3. The molecule has 0 saturated heterocycles. The van der Waals surface area contributed by atoms with Crippen molar-refractivity contribution in [3.63, 3.8) is 0 Å². The summed E-state index contributed by atoms with van der Waals surface area (Å²) in [5, 5.41) is 10.8. The maximum Gasteiger partial charge on any atom is 0.291 e. The molecular weight excluding hydrogens is 397 g/mol. The molecule has 7 nitrogen and oxygen atoms in total. The van der Waals surface area contributed by atoms with E-state index in [9.17, 15) is 9.18 Å². The van der Waals surface area contributed by atoms with Crippen molar-refractivity contribution < 1.29 is 13.9 Å². The SMILES string of the molecule is N=C(OC(N)=NC1N=C(c2ccccc2)c2ccccc2NC1=O)c1cccc(F)c1. The molecule has 0 spiro atoms. The predicted molar refractivity (Wildman–Crippen MR) is 117 cm³/mol. The van der Waals surface area contributed by atoms with Crippen molar-refractivity contribution in [2.45, 2.75) is 6.17 Å². The van der Waals surface area contributed by atoms with Gasteiger partial charge in [-0.25, -0.2) is 9.38 Å². The number of nitrogens with zero attached hydrogens (tertiary/aromatic N) is 2. The van der Waals surface area contributed by atoms with E-state index in [2.05, 4.69) is 15.3 Å². The van der Waals surface area contributed by atoms with Gasteiger partial charge < -0.3 is 15.8 Å². The second kappa shape index (κ2) is 8.58. The number of benzodiazepines with no additional fused rings is 1. The lowest BCUT2D eigenvalue weighted by molar-refractivity contribution is -0.117. The minimum absolute atomic E-state index is 0.185. The van der Waals surface area contributed by atoms with E-state index in [4.69, 9.17) is 15.9 Å². The molecule has 1 aliphatic heterocycles. The van der Waals surface area contributed by atoms with Gasteiger partial charge in [-0.05, 0) is 24.3 Å². The zero-order chi connectivity index (χ0) is 21.8. The van der Waals surface area contributed by atoms with E-state index in [-0.39, 0.29) is 5.56 Å². The van der Waals surface area contributed by atoms with Crippen molar-refractivity contribution in [1.82, 2.24) is 0 Å². The number of amides is 1. The largest absolute Gasteiger partial charge is 0.407 e. The summed E-state index contributed by atoms with van der Waals surface area (Å²) in [4.78, 5) is 21.3. The van der Waals surface area contributed by atoms with Crippen LogP contribution in [0.4, 0.5) is 10.1 Å². The molecule has 4 N–H and O–H groups in total. The third kappa shape index (κ3) is 4.48. The van der Waals surface area contributed by atoms with E-state index >= 15 is 0 Å². The Labute approximate surface area is 177 Å². The van der Waals surface area contributed by atoms with Crippen LogP contribution in [0.5, 0.6) is 0 Å². The van der Waals surface area contributed by atoms with Crippen LogP contribution in [0, 0.1) is 11.2 Å². The first-order valence-electron chi connectivity index (χ1n) is 9.40. The maximum atomic E-state index is 13.4. The molecule has 3 aromatic rings. The number of amidine groups is 1. The average molecular weight is 415 g/mol. The van der Waals surface area contributed by atoms with Crippen molar-refractivity contribution in [2.24, 2.45) is 15.7 Å². The first-order chi connectivity index (χ1) is 15.0. The first kappa shape index (κ1) is 20.0. The van der Waals surface area contributed by atoms with Crippen LogP contribution in [0.15, 0.2) is 88.8 Å². The average Bonchev–Trinajstić information content (AvgIpc) is 2.90. The van der Waals surface area contributed by atoms with Gasteiger partial charge in [0.05, 0.1) is 11.4 Å². The topological polar surface area (TPSA) is 113 Å². The highest BCUT2D eigenvalue weighted by Crippen LogP contribution is 2.24. The maximum absolute atomic E-state index is 13.4. The van der Waals surface area contributed by atoms with Gasteiger partial charge in [0.15, 0.2) is 0 Å². The lowest BCUT2D eigenvalue weighted by Gasteiger charge is -2.10. The Hall–Kier alpha value is -4.33. The summed E-state index contributed by atoms with van der Waals surface area (Å²) in [5.41, 5.74) is 8.72. The molecule has 154 valence electrons. The van der Waals surface area contributed by atoms with Crippen molar-refractivity contribution in [1.29, 1.82) is 5.41 Å². The molecule has 0 fully saturated rings. The number of hydrogen-bond acceptors (Lipinski definition) is 5. The zero-order valence-corrected chi connectivity index (χ0v) is 16.2. The smallest absolute Gasteiger partial charge is 0.291 e. The number of carbonyl (C=O) groups excluding carboxylic acids is 1. The van der Waals surface area contributed by atoms with Gasteiger partial charge in [-0.15, -0.1) is 0 Å². The number of halogens is 1. The molecule has 1 aliphatic rings. The monoisotopic (exact) mass is 415 g/mol. The molecule has 4 rings (SSSR count). The first-order valence-corrected chi connectivity index (χ1v) is 9.40. The molecule has 31 heavy (non-hydrogen) atoms. The van der Waals surface area contributed by atoms with Crippen LogP contribution < -0.4 is 11.1 Å². The summed E-state index contributed by atoms with van der Waals surface area (Å²) in [6.45, 7) is 0. The Bertz CT molecular complexity index is 1210. The third-order valence-electron chi connectivity index (χ3n) is 4.52. The Morgan fingerprint density at radius 1 is 1.06 bits per heavy atom. The van der Waals surface area contributed by atoms with E-state index in [0.29, 0.717) is 11.4 Å². The lowest BCUT2D eigenvalue weighted by atomic mass is 10.0. The zero-order valence-electron chi connectivity index (χ0n) is 16.2. The minimum atomic E-state index is -1.23. The van der Waals surface area contributed by atoms with E-state index in [0.717, 1.165) is 17.2 Å². The molecule has 0 radical (unpaired) electrons. The van der Waals surface area contributed by atoms with E-state index < -0.39 is 29.8 Å². The van der Waals surface area contributed by atoms with Gasteiger partial charge in [0, 0.05) is 16.7 Å². The number of anilines is 1. The van der Waals surface area contributed by atoms with Gasteiger partial charge in [0.25, 0.3) is 11.9 Å². The number of fused-ring (bicyclic) bond motifs is 1. The highest BCUT2D eigenvalue weighted by molar-refractivity contribution is 6.19. The second-order valence-electron chi connectivity index (χ2n) is 6.66. The van der Waals surface area contributed by atoms with Crippen LogP contribution >= 0.6 is 0 Å². The Morgan fingerprint density at radius 3 is 2.58 bits per heavy atom. The molecule has 0 bridgehead atoms. The number of para-hydroxylation sites is 1. The van der Waals surface area contributed by atoms with Crippen LogP contribution in [-0.2, 0) is 9.53 Å². The highest BCUT2D eigenvalue weighted by Gasteiger charge is 2.26. The Morgan fingerprint density at radius 2 is 1.81 bits per heavy atom. The number of aliphatic imine (C=N–C) groups is 2. The molecule has 0 aliphatic carbocycles. The fourth-order valence-electron chi connectivity index (χ4n) is 3.10. The minimum Gasteiger partial charge on any atom is -0.407 e. The van der Waals surface area contributed by atoms with Crippen LogP contribution in [0.2, 0.25) is 0 Å². The molecular formula is C23H18FN5O2. The molecule has 1 unspecified atom stereocenters. The van der Waals surface area contributed by atoms with E-state index in [1.807, 2.05) is 48.5 Å². The van der Waals surface area contributed by atoms with Crippen LogP contribution in [0.25, 0.3) is 0 Å². The molecule has 1 heterocycles. The number of rotatable bonds is 3. The van der Waals surface area contributed by atoms with Gasteiger partial charge >= 0.3 is 0 Å². The molecule has 1 atom stereocenters. The van der Waals surface area contributed by atoms with Crippen molar-refractivity contribution in [3.8, 4) is 0 Å². The number of carbonyl (C=O) groups is 1. The van der Waals surface area contributed by atoms with Crippen LogP contribution in [0.3, 0.4) is 0 Å². The fourth-order valence-corrected chi connectivity index (χ4v) is 3.10. The Kier molecular flexibility index (Phi) is 5.53. The molecule has 0 saturated carbocycles. The summed E-state index contributed by atoms with van der Waals surface area (Å²) in [6, 6.07) is 21.6. The standard InChI is InChI=1S/C23H18FN5O2/c24-16-10-6-9-15(13-16)20(25)31-23(26)29-21-22(30)27-18-12-5-4-11-17(18)19(28-21)14-7-2-1-3-8-14/h1-13,21,25H,(H2,26,29)(H,27,30). The van der Waals surface area contributed by atoms with Crippen molar-refractivity contribution >= 4 is 29.2 Å². The fraction of sp³-hybridized carbons (Fsp3) is 0.0435. The van der Waals surface area contributed by atoms with Gasteiger partial charge in [0.2, 0.25) is 12.1 Å². The van der Waals surface area contributed by atoms with E-state index in [1.165, 1.54) is 18.2 Å². The summed E-state index contributed by atoms with van der Waals surface area (Å²) in [5.74, 6) is -1.41. The van der Waals surface area contributed by atoms with E-state index in [1.54, 1.807) is 6.07 Å². The summed E-state index contributed by atoms with van der Waals surface area (Å²) >= 11 is 0. The number of nitrogens with one attached hydrogen (secondary N) is 2. The number of ether oxygens (including phenoxy) is 1. The van der Waals surface area contributed by atoms with Gasteiger partial charge in [-0.2, -0.15) is 4.99 Å². The molecule has 3 aromatic carbocycles. The second-order valence-corrected chi connectivity index (χ2v) is 6.66. The van der Waals surface area contributed by atoms with Gasteiger partial charge in [0.1, 0.15) is 5.82 Å². The summed E-state index contributed by atoms with van der Waals surface area (Å²) in [6.07, 6.45) is -1.23. The predicted octanol–water partition coefficient (Wildman–Crippen LogP) is 3.30. The van der Waals surface area contributed by atoms with Crippen molar-refractivity contribution in [3.05, 3.63) is 101 Å². The van der Waals surface area contributed by atoms with Gasteiger partial charge in [-0.1, -0.05) is 54.6 Å². The third-order valence-corrected chi connectivity index (χ3v) is 4.52. The number of hydrogen-bond donors (Lipinski definition) is 3.